The molecule has 24 heavy (non-hydrogen) atoms. The number of amides is 2. The lowest BCUT2D eigenvalue weighted by Crippen LogP contribution is -2.42. The van der Waals surface area contributed by atoms with E-state index in [1.807, 2.05) is 18.2 Å². The molecule has 2 rings (SSSR count). The van der Waals surface area contributed by atoms with Crippen molar-refractivity contribution in [2.45, 2.75) is 6.42 Å². The van der Waals surface area contributed by atoms with Crippen LogP contribution in [0.25, 0.3) is 0 Å². The normalized spacial score (nSPS) is 10.1. The molecular formula is C16H13Cl3N2O3. The van der Waals surface area contributed by atoms with Gasteiger partial charge >= 0.3 is 6.09 Å². The van der Waals surface area contributed by atoms with Gasteiger partial charge in [0.05, 0.1) is 17.2 Å². The second-order valence-electron chi connectivity index (χ2n) is 4.68. The Balaban J connectivity index is 1.78. The fourth-order valence-corrected chi connectivity index (χ4v) is 2.44. The number of nitrogens with one attached hydrogen (secondary N) is 2. The van der Waals surface area contributed by atoms with Crippen molar-refractivity contribution in [3.63, 3.8) is 0 Å². The molecule has 2 aromatic rings. The Morgan fingerprint density at radius 1 is 0.958 bits per heavy atom. The molecule has 2 aromatic carbocycles. The number of hydrogen-bond acceptors (Lipinski definition) is 3. The Kier molecular flexibility index (Phi) is 6.73. The van der Waals surface area contributed by atoms with Crippen LogP contribution < -0.4 is 10.9 Å². The van der Waals surface area contributed by atoms with Gasteiger partial charge in [-0.15, -0.1) is 0 Å². The van der Waals surface area contributed by atoms with Gasteiger partial charge in [-0.05, 0) is 29.8 Å². The number of carbonyl (C=O) groups excluding carboxylic acids is 2. The van der Waals surface area contributed by atoms with Gasteiger partial charge in [0.15, 0.2) is 0 Å². The van der Waals surface area contributed by atoms with Gasteiger partial charge in [0.25, 0.3) is 5.91 Å². The van der Waals surface area contributed by atoms with Crippen molar-refractivity contribution in [1.29, 1.82) is 0 Å². The summed E-state index contributed by atoms with van der Waals surface area (Å²) in [7, 11) is 0. The standard InChI is InChI=1S/C16H13Cl3N2O3/c17-11-5-6-14(19)12(9-11)15(22)20-21-16(23)24-8-7-10-3-1-2-4-13(10)18/h1-6,9H,7-8H2,(H,20,22)(H,21,23). The van der Waals surface area contributed by atoms with E-state index in [1.165, 1.54) is 12.1 Å². The lowest BCUT2D eigenvalue weighted by molar-refractivity contribution is 0.0910. The van der Waals surface area contributed by atoms with E-state index < -0.39 is 12.0 Å². The first-order chi connectivity index (χ1) is 11.5. The summed E-state index contributed by atoms with van der Waals surface area (Å²) in [4.78, 5) is 23.5. The van der Waals surface area contributed by atoms with Crippen molar-refractivity contribution in [2.24, 2.45) is 0 Å². The maximum atomic E-state index is 11.9. The maximum absolute atomic E-state index is 11.9. The van der Waals surface area contributed by atoms with Crippen LogP contribution in [-0.2, 0) is 11.2 Å². The monoisotopic (exact) mass is 386 g/mol. The van der Waals surface area contributed by atoms with Crippen molar-refractivity contribution >= 4 is 46.8 Å². The van der Waals surface area contributed by atoms with E-state index in [1.54, 1.807) is 12.1 Å². The van der Waals surface area contributed by atoms with Gasteiger partial charge in [-0.3, -0.25) is 10.2 Å². The van der Waals surface area contributed by atoms with E-state index in [0.717, 1.165) is 5.56 Å². The first kappa shape index (κ1) is 18.4. The predicted octanol–water partition coefficient (Wildman–Crippen LogP) is 4.26. The molecule has 5 nitrogen and oxygen atoms in total. The first-order valence-corrected chi connectivity index (χ1v) is 8.02. The number of benzene rings is 2. The predicted molar refractivity (Wildman–Crippen MR) is 93.6 cm³/mol. The zero-order valence-corrected chi connectivity index (χ0v) is 14.6. The molecule has 0 bridgehead atoms. The van der Waals surface area contributed by atoms with Crippen molar-refractivity contribution in [2.75, 3.05) is 6.61 Å². The highest BCUT2D eigenvalue weighted by Crippen LogP contribution is 2.20. The highest BCUT2D eigenvalue weighted by molar-refractivity contribution is 6.35. The summed E-state index contributed by atoms with van der Waals surface area (Å²) >= 11 is 17.7. The van der Waals surface area contributed by atoms with Crippen LogP contribution in [0.2, 0.25) is 15.1 Å². The van der Waals surface area contributed by atoms with Crippen LogP contribution in [0, 0.1) is 0 Å². The molecule has 0 saturated carbocycles. The minimum absolute atomic E-state index is 0.114. The third kappa shape index (κ3) is 5.30. The molecular weight excluding hydrogens is 375 g/mol. The zero-order chi connectivity index (χ0) is 17.5. The number of ether oxygens (including phenoxy) is 1. The Hall–Kier alpha value is -1.95. The van der Waals surface area contributed by atoms with Crippen LogP contribution in [0.15, 0.2) is 42.5 Å². The van der Waals surface area contributed by atoms with Gasteiger partial charge in [-0.1, -0.05) is 53.0 Å². The lowest BCUT2D eigenvalue weighted by atomic mass is 10.2. The molecule has 0 saturated heterocycles. The zero-order valence-electron chi connectivity index (χ0n) is 12.3. The van der Waals surface area contributed by atoms with Crippen molar-refractivity contribution in [1.82, 2.24) is 10.9 Å². The Bertz CT molecular complexity index is 753. The largest absolute Gasteiger partial charge is 0.448 e. The molecule has 0 unspecified atom stereocenters. The number of rotatable bonds is 4. The van der Waals surface area contributed by atoms with Crippen molar-refractivity contribution < 1.29 is 14.3 Å². The number of hydrazine groups is 1. The van der Waals surface area contributed by atoms with Gasteiger partial charge in [0, 0.05) is 16.5 Å². The molecule has 0 spiro atoms. The van der Waals surface area contributed by atoms with E-state index in [0.29, 0.717) is 16.5 Å². The summed E-state index contributed by atoms with van der Waals surface area (Å²) in [5.41, 5.74) is 5.33. The third-order valence-electron chi connectivity index (χ3n) is 3.01. The van der Waals surface area contributed by atoms with Crippen LogP contribution in [0.4, 0.5) is 4.79 Å². The summed E-state index contributed by atoms with van der Waals surface area (Å²) in [5, 5.41) is 1.17. The van der Waals surface area contributed by atoms with Crippen molar-refractivity contribution in [3.05, 3.63) is 68.7 Å². The fourth-order valence-electron chi connectivity index (χ4n) is 1.84. The van der Waals surface area contributed by atoms with E-state index in [4.69, 9.17) is 39.5 Å². The van der Waals surface area contributed by atoms with Crippen LogP contribution in [0.1, 0.15) is 15.9 Å². The molecule has 0 aliphatic carbocycles. The molecule has 0 radical (unpaired) electrons. The third-order valence-corrected chi connectivity index (χ3v) is 3.95. The quantitative estimate of drug-likeness (QED) is 0.770. The van der Waals surface area contributed by atoms with Gasteiger partial charge in [0.1, 0.15) is 0 Å². The first-order valence-electron chi connectivity index (χ1n) is 6.89. The van der Waals surface area contributed by atoms with Crippen LogP contribution in [-0.4, -0.2) is 18.6 Å². The lowest BCUT2D eigenvalue weighted by Gasteiger charge is -2.10. The maximum Gasteiger partial charge on any atom is 0.426 e. The van der Waals surface area contributed by atoms with E-state index in [2.05, 4.69) is 10.9 Å². The average Bonchev–Trinajstić information content (AvgIpc) is 2.56. The van der Waals surface area contributed by atoms with Gasteiger partial charge < -0.3 is 4.74 Å². The Labute approximate surface area is 153 Å². The molecule has 0 atom stereocenters. The van der Waals surface area contributed by atoms with Gasteiger partial charge in [-0.25, -0.2) is 10.2 Å². The summed E-state index contributed by atoms with van der Waals surface area (Å²) in [6, 6.07) is 11.7. The Morgan fingerprint density at radius 2 is 1.71 bits per heavy atom. The van der Waals surface area contributed by atoms with E-state index in [9.17, 15) is 9.59 Å². The topological polar surface area (TPSA) is 67.4 Å². The second-order valence-corrected chi connectivity index (χ2v) is 5.93. The average molecular weight is 388 g/mol. The van der Waals surface area contributed by atoms with Gasteiger partial charge in [-0.2, -0.15) is 0 Å². The highest BCUT2D eigenvalue weighted by Gasteiger charge is 2.12. The summed E-state index contributed by atoms with van der Waals surface area (Å²) in [6.07, 6.45) is -0.338. The number of carbonyl (C=O) groups is 2. The van der Waals surface area contributed by atoms with Crippen LogP contribution >= 0.6 is 34.8 Å². The van der Waals surface area contributed by atoms with E-state index >= 15 is 0 Å². The minimum Gasteiger partial charge on any atom is -0.448 e. The minimum atomic E-state index is -0.798. The fraction of sp³-hybridized carbons (Fsp3) is 0.125. The highest BCUT2D eigenvalue weighted by atomic mass is 35.5. The molecule has 2 amide bonds. The smallest absolute Gasteiger partial charge is 0.426 e. The molecule has 8 heteroatoms. The summed E-state index contributed by atoms with van der Waals surface area (Å²) < 4.78 is 4.96. The summed E-state index contributed by atoms with van der Waals surface area (Å²) in [5.74, 6) is -0.606. The van der Waals surface area contributed by atoms with Crippen molar-refractivity contribution in [3.8, 4) is 0 Å². The molecule has 126 valence electrons. The molecule has 2 N–H and O–H groups in total. The SMILES string of the molecule is O=C(NNC(=O)c1cc(Cl)ccc1Cl)OCCc1ccccc1Cl. The molecule has 0 aliphatic heterocycles. The van der Waals surface area contributed by atoms with Crippen LogP contribution in [0.3, 0.4) is 0 Å². The van der Waals surface area contributed by atoms with Gasteiger partial charge in [0.2, 0.25) is 0 Å². The molecule has 0 heterocycles. The second kappa shape index (κ2) is 8.78. The number of halogens is 3. The number of hydrogen-bond donors (Lipinski definition) is 2. The molecule has 0 aliphatic rings. The molecule has 0 aromatic heterocycles. The molecule has 0 fully saturated rings. The Morgan fingerprint density at radius 3 is 2.46 bits per heavy atom. The van der Waals surface area contributed by atoms with Crippen LogP contribution in [0.5, 0.6) is 0 Å². The van der Waals surface area contributed by atoms with E-state index in [-0.39, 0.29) is 17.2 Å². The summed E-state index contributed by atoms with van der Waals surface area (Å²) in [6.45, 7) is 0.114.